The second-order valence-electron chi connectivity index (χ2n) is 35.2. The van der Waals surface area contributed by atoms with Gasteiger partial charge in [-0.15, -0.1) is 0 Å². The van der Waals surface area contributed by atoms with E-state index in [1.807, 2.05) is 0 Å². The van der Waals surface area contributed by atoms with E-state index in [2.05, 4.69) is 184 Å². The van der Waals surface area contributed by atoms with Crippen LogP contribution >= 0.6 is 0 Å². The molecule has 93 heavy (non-hydrogen) atoms. The predicted octanol–water partition coefficient (Wildman–Crippen LogP) is 19.5. The standard InChI is InChI=1S/C85H116O8/c1-53(2)57-21-29-65-61(45-57)25-33-69-77(65,9)37-17-41-81(69,13)73(86)90-49-85(50-91-74(87)82(14)42-18-38-78(10)66-30-22-58(54(3)4)46-62(66)26-34-70(78)82,51-92-75(88)83(15)43-19-39-79(11)67-31-23-59(55(5)6)47-63(67)27-35-71(79)83)52-93-76(89)84(16)44-20-40-80(12)68-32-24-60(56(7)8)48-64(68)28-36-72(80)84/h21-24,29-32,45-48,53-56,69-72H,17-20,25-28,33-44,49-52H2,1-16H3/t69-,70-,71-,72-,77-,78-,79-,80-,81+,82+,83+,84+/m1/s1. The summed E-state index contributed by atoms with van der Waals surface area (Å²) in [7, 11) is 0. The first-order valence-electron chi connectivity index (χ1n) is 37.1. The Morgan fingerprint density at radius 3 is 0.742 bits per heavy atom. The molecule has 0 unspecified atom stereocenters. The maximum Gasteiger partial charge on any atom is 0.312 e. The smallest absolute Gasteiger partial charge is 0.312 e. The molecule has 4 fully saturated rings. The molecule has 12 rings (SSSR count). The Labute approximate surface area is 560 Å². The van der Waals surface area contributed by atoms with E-state index in [-0.39, 0.29) is 95.6 Å². The van der Waals surface area contributed by atoms with Crippen molar-refractivity contribution in [1.29, 1.82) is 0 Å². The quantitative estimate of drug-likeness (QED) is 0.0807. The van der Waals surface area contributed by atoms with Crippen LogP contribution in [0, 0.1) is 50.7 Å². The van der Waals surface area contributed by atoms with E-state index >= 15 is 19.2 Å². The zero-order valence-corrected chi connectivity index (χ0v) is 60.3. The highest BCUT2D eigenvalue weighted by Gasteiger charge is 2.61. The fraction of sp³-hybridized carbons (Fsp3) is 0.671. The highest BCUT2D eigenvalue weighted by molar-refractivity contribution is 5.80. The lowest BCUT2D eigenvalue weighted by Gasteiger charge is -2.55. The van der Waals surface area contributed by atoms with E-state index in [4.69, 9.17) is 18.9 Å². The van der Waals surface area contributed by atoms with Crippen molar-refractivity contribution in [2.75, 3.05) is 26.4 Å². The molecular weight excluding hydrogens is 1150 g/mol. The Hall–Kier alpha value is -5.24. The number of hydrogen-bond donors (Lipinski definition) is 0. The minimum absolute atomic E-state index is 0.0148. The van der Waals surface area contributed by atoms with Gasteiger partial charge in [-0.25, -0.2) is 0 Å². The number of rotatable bonds is 16. The summed E-state index contributed by atoms with van der Waals surface area (Å²) in [5, 5.41) is 0. The summed E-state index contributed by atoms with van der Waals surface area (Å²) in [4.78, 5) is 63.4. The van der Waals surface area contributed by atoms with Gasteiger partial charge in [0.1, 0.15) is 31.8 Å². The van der Waals surface area contributed by atoms with Crippen LogP contribution in [0.4, 0.5) is 0 Å². The summed E-state index contributed by atoms with van der Waals surface area (Å²) >= 11 is 0. The zero-order valence-electron chi connectivity index (χ0n) is 60.3. The second-order valence-corrected chi connectivity index (χ2v) is 35.2. The second kappa shape index (κ2) is 24.7. The summed E-state index contributed by atoms with van der Waals surface area (Å²) < 4.78 is 27.9. The first kappa shape index (κ1) is 67.7. The number of aryl methyl sites for hydroxylation is 4. The monoisotopic (exact) mass is 1260 g/mol. The lowest BCUT2D eigenvalue weighted by atomic mass is 9.49. The molecule has 8 heteroatoms. The lowest BCUT2D eigenvalue weighted by molar-refractivity contribution is -0.192. The van der Waals surface area contributed by atoms with Crippen molar-refractivity contribution >= 4 is 23.9 Å². The molecule has 0 saturated heterocycles. The van der Waals surface area contributed by atoms with Crippen LogP contribution in [-0.2, 0) is 85.5 Å². The summed E-state index contributed by atoms with van der Waals surface area (Å²) in [5.41, 5.74) is 10.5. The molecule has 4 saturated carbocycles. The highest BCUT2D eigenvalue weighted by Crippen LogP contribution is 2.63. The minimum atomic E-state index is -1.46. The minimum Gasteiger partial charge on any atom is -0.464 e. The third-order valence-electron chi connectivity index (χ3n) is 28.1. The number of hydrogen-bond acceptors (Lipinski definition) is 8. The van der Waals surface area contributed by atoms with Gasteiger partial charge in [-0.1, -0.05) is 182 Å². The highest BCUT2D eigenvalue weighted by atomic mass is 16.6. The van der Waals surface area contributed by atoms with Crippen LogP contribution in [0.3, 0.4) is 0 Å². The number of fused-ring (bicyclic) bond motifs is 12. The van der Waals surface area contributed by atoms with Gasteiger partial charge in [0.15, 0.2) is 0 Å². The molecule has 4 aromatic rings. The number of ether oxygens (including phenoxy) is 4. The van der Waals surface area contributed by atoms with Gasteiger partial charge in [-0.05, 0) is 266 Å². The molecule has 8 nitrogen and oxygen atoms in total. The van der Waals surface area contributed by atoms with E-state index in [9.17, 15) is 0 Å². The zero-order chi connectivity index (χ0) is 66.6. The topological polar surface area (TPSA) is 105 Å². The normalized spacial score (nSPS) is 33.6. The van der Waals surface area contributed by atoms with E-state index in [1.165, 1.54) is 66.8 Å². The Morgan fingerprint density at radius 1 is 0.344 bits per heavy atom. The summed E-state index contributed by atoms with van der Waals surface area (Å²) in [6.07, 6.45) is 17.1. The van der Waals surface area contributed by atoms with Crippen molar-refractivity contribution < 1.29 is 38.1 Å². The Kier molecular flexibility index (Phi) is 18.0. The molecule has 0 N–H and O–H groups in total. The molecule has 0 spiro atoms. The van der Waals surface area contributed by atoms with Crippen molar-refractivity contribution in [3.05, 3.63) is 140 Å². The predicted molar refractivity (Wildman–Crippen MR) is 373 cm³/mol. The fourth-order valence-corrected chi connectivity index (χ4v) is 22.2. The Morgan fingerprint density at radius 2 is 0.548 bits per heavy atom. The van der Waals surface area contributed by atoms with Gasteiger partial charge >= 0.3 is 23.9 Å². The third kappa shape index (κ3) is 11.3. The molecule has 0 aromatic heterocycles. The molecular formula is C85H116O8. The molecule has 0 radical (unpaired) electrons. The van der Waals surface area contributed by atoms with Crippen molar-refractivity contribution in [2.45, 2.75) is 285 Å². The number of carbonyl (C=O) groups excluding carboxylic acids is 4. The molecule has 4 aromatic carbocycles. The van der Waals surface area contributed by atoms with Crippen molar-refractivity contribution in [1.82, 2.24) is 0 Å². The van der Waals surface area contributed by atoms with E-state index < -0.39 is 27.1 Å². The molecule has 8 aliphatic rings. The van der Waals surface area contributed by atoms with Crippen LogP contribution in [0.2, 0.25) is 0 Å². The van der Waals surface area contributed by atoms with Crippen molar-refractivity contribution in [3.63, 3.8) is 0 Å². The number of esters is 4. The first-order chi connectivity index (χ1) is 43.9. The van der Waals surface area contributed by atoms with E-state index in [0.29, 0.717) is 49.4 Å². The van der Waals surface area contributed by atoms with Crippen LogP contribution in [0.15, 0.2) is 72.8 Å². The fourth-order valence-electron chi connectivity index (χ4n) is 22.2. The van der Waals surface area contributed by atoms with E-state index in [0.717, 1.165) is 103 Å². The summed E-state index contributed by atoms with van der Waals surface area (Å²) in [6, 6.07) is 28.1. The Balaban J connectivity index is 0.905. The summed E-state index contributed by atoms with van der Waals surface area (Å²) in [6.45, 7) is 35.0. The average molecular weight is 1270 g/mol. The van der Waals surface area contributed by atoms with Gasteiger partial charge in [0.2, 0.25) is 0 Å². The first-order valence-corrected chi connectivity index (χ1v) is 37.1. The van der Waals surface area contributed by atoms with Gasteiger partial charge in [0.25, 0.3) is 0 Å². The maximum absolute atomic E-state index is 15.8. The number of benzene rings is 4. The van der Waals surface area contributed by atoms with Crippen LogP contribution in [0.1, 0.15) is 304 Å². The molecule has 0 aliphatic heterocycles. The Bertz CT molecular complexity index is 3070. The van der Waals surface area contributed by atoms with Crippen LogP contribution in [-0.4, -0.2) is 50.3 Å². The van der Waals surface area contributed by atoms with Gasteiger partial charge < -0.3 is 18.9 Å². The SMILES string of the molecule is CC(C)c1ccc2c(c1)CC[C@H]1[C@@](C)(C(=O)OCC(COC(=O)[C@@]3(C)CCC[C@]4(C)c5ccc(C(C)C)cc5CC[C@@H]34)(COC(=O)[C@@]3(C)CCC[C@]4(C)c5ccc(C(C)C)cc5CC[C@@H]34)COC(=O)[C@@]3(C)CCC[C@]4(C)c5ccc(C(C)C)cc5CC[C@@H]34)CCC[C@]21C. The van der Waals surface area contributed by atoms with Crippen LogP contribution in [0.5, 0.6) is 0 Å². The molecule has 0 bridgehead atoms. The van der Waals surface area contributed by atoms with Gasteiger partial charge in [0.05, 0.1) is 21.7 Å². The molecule has 0 amide bonds. The van der Waals surface area contributed by atoms with E-state index in [1.54, 1.807) is 0 Å². The lowest BCUT2D eigenvalue weighted by Crippen LogP contribution is -2.56. The average Bonchev–Trinajstić information content (AvgIpc) is 0.748. The van der Waals surface area contributed by atoms with Crippen LogP contribution in [0.25, 0.3) is 0 Å². The third-order valence-corrected chi connectivity index (χ3v) is 28.1. The van der Waals surface area contributed by atoms with Gasteiger partial charge in [-0.3, -0.25) is 19.2 Å². The van der Waals surface area contributed by atoms with Crippen LogP contribution < -0.4 is 0 Å². The van der Waals surface area contributed by atoms with Crippen molar-refractivity contribution in [3.8, 4) is 0 Å². The maximum atomic E-state index is 15.8. The molecule has 504 valence electrons. The summed E-state index contributed by atoms with van der Waals surface area (Å²) in [5.74, 6) is 0.560. The van der Waals surface area contributed by atoms with Crippen molar-refractivity contribution in [2.24, 2.45) is 50.7 Å². The van der Waals surface area contributed by atoms with Gasteiger partial charge in [0, 0.05) is 0 Å². The molecule has 0 heterocycles. The van der Waals surface area contributed by atoms with Gasteiger partial charge in [-0.2, -0.15) is 0 Å². The number of carbonyl (C=O) groups is 4. The molecule has 8 aliphatic carbocycles. The molecule has 12 atom stereocenters. The largest absolute Gasteiger partial charge is 0.464 e.